The number of hydrogen-bond donors (Lipinski definition) is 1. The molecule has 2 rings (SSSR count). The fraction of sp³-hybridized carbons (Fsp3) is 0.364. The van der Waals surface area contributed by atoms with Crippen LogP contribution in [0.3, 0.4) is 0 Å². The summed E-state index contributed by atoms with van der Waals surface area (Å²) in [5, 5.41) is 2.02. The second kappa shape index (κ2) is 5.20. The predicted molar refractivity (Wildman–Crippen MR) is 68.9 cm³/mol. The SMILES string of the molecule is Cc1cc(CN)nc(N(C)Cc2cscn2)n1. The molecule has 0 bridgehead atoms. The molecule has 0 atom stereocenters. The number of anilines is 1. The first kappa shape index (κ1) is 11.9. The van der Waals surface area contributed by atoms with E-state index in [0.717, 1.165) is 17.1 Å². The first-order valence-corrected chi connectivity index (χ1v) is 6.26. The third kappa shape index (κ3) is 2.98. The van der Waals surface area contributed by atoms with Crippen molar-refractivity contribution in [2.45, 2.75) is 20.0 Å². The highest BCUT2D eigenvalue weighted by Crippen LogP contribution is 2.12. The van der Waals surface area contributed by atoms with Gasteiger partial charge in [0.1, 0.15) is 0 Å². The Morgan fingerprint density at radius 3 is 2.82 bits per heavy atom. The Morgan fingerprint density at radius 2 is 2.18 bits per heavy atom. The fourth-order valence-electron chi connectivity index (χ4n) is 1.52. The summed E-state index contributed by atoms with van der Waals surface area (Å²) in [4.78, 5) is 15.0. The first-order valence-electron chi connectivity index (χ1n) is 5.32. The largest absolute Gasteiger partial charge is 0.338 e. The highest BCUT2D eigenvalue weighted by atomic mass is 32.1. The second-order valence-corrected chi connectivity index (χ2v) is 4.56. The van der Waals surface area contributed by atoms with Gasteiger partial charge in [0, 0.05) is 24.7 Å². The number of nitrogens with two attached hydrogens (primary N) is 1. The summed E-state index contributed by atoms with van der Waals surface area (Å²) in [6, 6.07) is 1.90. The zero-order valence-electron chi connectivity index (χ0n) is 9.92. The molecule has 0 saturated carbocycles. The summed E-state index contributed by atoms with van der Waals surface area (Å²) >= 11 is 1.59. The number of rotatable bonds is 4. The van der Waals surface area contributed by atoms with Crippen molar-refractivity contribution >= 4 is 17.3 Å². The first-order chi connectivity index (χ1) is 8.19. The van der Waals surface area contributed by atoms with Gasteiger partial charge in [0.25, 0.3) is 0 Å². The van der Waals surface area contributed by atoms with Gasteiger partial charge in [0.2, 0.25) is 5.95 Å². The standard InChI is InChI=1S/C11H15N5S/c1-8-3-9(4-12)15-11(14-8)16(2)5-10-6-17-7-13-10/h3,6-7H,4-5,12H2,1-2H3. The number of aryl methyl sites for hydroxylation is 1. The van der Waals surface area contributed by atoms with E-state index in [0.29, 0.717) is 19.0 Å². The van der Waals surface area contributed by atoms with Crippen molar-refractivity contribution in [3.05, 3.63) is 34.0 Å². The summed E-state index contributed by atoms with van der Waals surface area (Å²) in [6.07, 6.45) is 0. The van der Waals surface area contributed by atoms with Crippen LogP contribution in [0.25, 0.3) is 0 Å². The number of hydrogen-bond acceptors (Lipinski definition) is 6. The van der Waals surface area contributed by atoms with E-state index in [9.17, 15) is 0 Å². The van der Waals surface area contributed by atoms with E-state index in [4.69, 9.17) is 5.73 Å². The van der Waals surface area contributed by atoms with Crippen molar-refractivity contribution in [2.24, 2.45) is 5.73 Å². The molecular weight excluding hydrogens is 234 g/mol. The lowest BCUT2D eigenvalue weighted by Crippen LogP contribution is -2.20. The van der Waals surface area contributed by atoms with Crippen LogP contribution in [-0.4, -0.2) is 22.0 Å². The molecule has 2 heterocycles. The van der Waals surface area contributed by atoms with Crippen LogP contribution in [0.5, 0.6) is 0 Å². The Balaban J connectivity index is 2.18. The van der Waals surface area contributed by atoms with Crippen LogP contribution in [0.15, 0.2) is 17.0 Å². The third-order valence-corrected chi connectivity index (χ3v) is 2.96. The predicted octanol–water partition coefficient (Wildman–Crippen LogP) is 1.34. The van der Waals surface area contributed by atoms with Crippen molar-refractivity contribution in [1.82, 2.24) is 15.0 Å². The topological polar surface area (TPSA) is 67.9 Å². The molecule has 2 aromatic rings. The Kier molecular flexibility index (Phi) is 3.65. The summed E-state index contributed by atoms with van der Waals surface area (Å²) in [5.74, 6) is 0.693. The molecule has 0 aliphatic heterocycles. The molecule has 2 aromatic heterocycles. The lowest BCUT2D eigenvalue weighted by molar-refractivity contribution is 0.823. The maximum absolute atomic E-state index is 5.60. The van der Waals surface area contributed by atoms with Gasteiger partial charge in [-0.1, -0.05) is 0 Å². The smallest absolute Gasteiger partial charge is 0.225 e. The maximum Gasteiger partial charge on any atom is 0.225 e. The van der Waals surface area contributed by atoms with Crippen LogP contribution in [0.2, 0.25) is 0 Å². The Hall–Kier alpha value is -1.53. The van der Waals surface area contributed by atoms with Crippen LogP contribution in [0, 0.1) is 6.92 Å². The van der Waals surface area contributed by atoms with Crippen LogP contribution in [0.4, 0.5) is 5.95 Å². The average Bonchev–Trinajstić information content (AvgIpc) is 2.81. The highest BCUT2D eigenvalue weighted by molar-refractivity contribution is 7.07. The molecule has 0 aromatic carbocycles. The van der Waals surface area contributed by atoms with E-state index >= 15 is 0 Å². The van der Waals surface area contributed by atoms with Gasteiger partial charge in [-0.2, -0.15) is 0 Å². The molecular formula is C11H15N5S. The lowest BCUT2D eigenvalue weighted by Gasteiger charge is -2.16. The van der Waals surface area contributed by atoms with E-state index in [-0.39, 0.29) is 0 Å². The minimum atomic E-state index is 0.431. The van der Waals surface area contributed by atoms with E-state index in [2.05, 4.69) is 15.0 Å². The monoisotopic (exact) mass is 249 g/mol. The number of thiazole rings is 1. The van der Waals surface area contributed by atoms with Crippen LogP contribution >= 0.6 is 11.3 Å². The van der Waals surface area contributed by atoms with Gasteiger partial charge < -0.3 is 10.6 Å². The molecule has 0 unspecified atom stereocenters. The minimum absolute atomic E-state index is 0.431. The molecule has 5 nitrogen and oxygen atoms in total. The normalized spacial score (nSPS) is 10.5. The van der Waals surface area contributed by atoms with Gasteiger partial charge >= 0.3 is 0 Å². The molecule has 17 heavy (non-hydrogen) atoms. The second-order valence-electron chi connectivity index (χ2n) is 3.84. The molecule has 0 aliphatic carbocycles. The summed E-state index contributed by atoms with van der Waals surface area (Å²) in [7, 11) is 1.95. The van der Waals surface area contributed by atoms with Crippen molar-refractivity contribution in [3.63, 3.8) is 0 Å². The van der Waals surface area contributed by atoms with Crippen molar-refractivity contribution in [3.8, 4) is 0 Å². The molecule has 6 heteroatoms. The van der Waals surface area contributed by atoms with E-state index < -0.39 is 0 Å². The van der Waals surface area contributed by atoms with E-state index in [1.54, 1.807) is 11.3 Å². The van der Waals surface area contributed by atoms with Gasteiger partial charge in [-0.25, -0.2) is 15.0 Å². The number of aromatic nitrogens is 3. The Morgan fingerprint density at radius 1 is 1.35 bits per heavy atom. The molecule has 0 radical (unpaired) electrons. The molecule has 90 valence electrons. The molecule has 0 saturated heterocycles. The maximum atomic E-state index is 5.60. The zero-order valence-corrected chi connectivity index (χ0v) is 10.7. The van der Waals surface area contributed by atoms with Gasteiger partial charge in [0.05, 0.1) is 23.4 Å². The molecule has 0 spiro atoms. The van der Waals surface area contributed by atoms with Crippen LogP contribution < -0.4 is 10.6 Å². The van der Waals surface area contributed by atoms with Crippen molar-refractivity contribution in [1.29, 1.82) is 0 Å². The summed E-state index contributed by atoms with van der Waals surface area (Å²) < 4.78 is 0. The minimum Gasteiger partial charge on any atom is -0.338 e. The van der Waals surface area contributed by atoms with Crippen LogP contribution in [0.1, 0.15) is 17.1 Å². The van der Waals surface area contributed by atoms with Crippen molar-refractivity contribution in [2.75, 3.05) is 11.9 Å². The fourth-order valence-corrected chi connectivity index (χ4v) is 2.07. The van der Waals surface area contributed by atoms with Gasteiger partial charge in [-0.15, -0.1) is 11.3 Å². The summed E-state index contributed by atoms with van der Waals surface area (Å²) in [6.45, 7) is 3.08. The Bertz CT molecular complexity index is 483. The van der Waals surface area contributed by atoms with Crippen molar-refractivity contribution < 1.29 is 0 Å². The quantitative estimate of drug-likeness (QED) is 0.885. The third-order valence-electron chi connectivity index (χ3n) is 2.33. The number of nitrogens with zero attached hydrogens (tertiary/aromatic N) is 4. The summed E-state index contributed by atoms with van der Waals surface area (Å²) in [5.41, 5.74) is 10.2. The molecule has 0 fully saturated rings. The lowest BCUT2D eigenvalue weighted by atomic mass is 10.3. The van der Waals surface area contributed by atoms with E-state index in [1.165, 1.54) is 0 Å². The van der Waals surface area contributed by atoms with Gasteiger partial charge in [-0.3, -0.25) is 0 Å². The molecule has 2 N–H and O–H groups in total. The molecule has 0 amide bonds. The Labute approximate surface area is 104 Å². The molecule has 0 aliphatic rings. The average molecular weight is 249 g/mol. The zero-order chi connectivity index (χ0) is 12.3. The highest BCUT2D eigenvalue weighted by Gasteiger charge is 2.08. The van der Waals surface area contributed by atoms with Gasteiger partial charge in [0.15, 0.2) is 0 Å². The van der Waals surface area contributed by atoms with Crippen LogP contribution in [-0.2, 0) is 13.1 Å². The van der Waals surface area contributed by atoms with Gasteiger partial charge in [-0.05, 0) is 13.0 Å². The van der Waals surface area contributed by atoms with E-state index in [1.807, 2.05) is 35.8 Å².